The Hall–Kier alpha value is -1.79. The molecule has 6 nitrogen and oxygen atoms in total. The highest BCUT2D eigenvalue weighted by Crippen LogP contribution is 2.59. The molecule has 0 radical (unpaired) electrons. The third-order valence-corrected chi connectivity index (χ3v) is 5.89. The first-order valence-electron chi connectivity index (χ1n) is 10.2. The number of hydrogen-bond donors (Lipinski definition) is 3. The van der Waals surface area contributed by atoms with E-state index in [1.54, 1.807) is 4.90 Å². The number of ether oxygens (including phenoxy) is 1. The van der Waals surface area contributed by atoms with Gasteiger partial charge in [-0.3, -0.25) is 4.90 Å². The van der Waals surface area contributed by atoms with E-state index in [-0.39, 0.29) is 6.61 Å². The fourth-order valence-corrected chi connectivity index (χ4v) is 4.39. The van der Waals surface area contributed by atoms with Gasteiger partial charge in [-0.2, -0.15) is 0 Å². The lowest BCUT2D eigenvalue weighted by Gasteiger charge is -2.21. The predicted molar refractivity (Wildman–Crippen MR) is 107 cm³/mol. The van der Waals surface area contributed by atoms with E-state index in [0.717, 1.165) is 29.9 Å². The van der Waals surface area contributed by atoms with Crippen molar-refractivity contribution in [2.75, 3.05) is 24.6 Å². The van der Waals surface area contributed by atoms with E-state index in [4.69, 9.17) is 10.5 Å². The highest BCUT2D eigenvalue weighted by molar-refractivity contribution is 5.90. The zero-order chi connectivity index (χ0) is 19.4. The zero-order valence-electron chi connectivity index (χ0n) is 16.4. The van der Waals surface area contributed by atoms with E-state index >= 15 is 0 Å². The number of carbonyl (C=O) groups excluding carboxylic acids is 1. The fourth-order valence-electron chi connectivity index (χ4n) is 4.39. The number of fused-ring (bicyclic) bond motifs is 1. The molecule has 0 aliphatic heterocycles. The Morgan fingerprint density at radius 2 is 1.96 bits per heavy atom. The SMILES string of the molecule is CC(C)NCC(O)COc1ccc(N(CCC2C3CCCC32)C(N)=O)cc1. The van der Waals surface area contributed by atoms with Crippen LogP contribution in [0, 0.1) is 17.8 Å². The van der Waals surface area contributed by atoms with Crippen LogP contribution in [0.4, 0.5) is 10.5 Å². The van der Waals surface area contributed by atoms with Gasteiger partial charge in [0.25, 0.3) is 0 Å². The largest absolute Gasteiger partial charge is 0.491 e. The smallest absolute Gasteiger partial charge is 0.319 e. The summed E-state index contributed by atoms with van der Waals surface area (Å²) in [7, 11) is 0. The number of nitrogens with two attached hydrogens (primary N) is 1. The lowest BCUT2D eigenvalue weighted by atomic mass is 10.1. The molecule has 2 aliphatic rings. The molecule has 0 heterocycles. The number of hydrogen-bond acceptors (Lipinski definition) is 4. The number of carbonyl (C=O) groups is 1. The molecule has 2 aliphatic carbocycles. The third kappa shape index (κ3) is 5.36. The van der Waals surface area contributed by atoms with Crippen molar-refractivity contribution in [3.05, 3.63) is 24.3 Å². The summed E-state index contributed by atoms with van der Waals surface area (Å²) >= 11 is 0. The van der Waals surface area contributed by atoms with E-state index in [0.29, 0.717) is 24.9 Å². The molecule has 3 atom stereocenters. The number of nitrogens with zero attached hydrogens (tertiary/aromatic N) is 1. The zero-order valence-corrected chi connectivity index (χ0v) is 16.4. The van der Waals surface area contributed by atoms with Gasteiger partial charge in [-0.1, -0.05) is 20.3 Å². The Morgan fingerprint density at radius 1 is 1.30 bits per heavy atom. The number of primary amides is 1. The number of amides is 2. The van der Waals surface area contributed by atoms with Crippen molar-refractivity contribution in [3.8, 4) is 5.75 Å². The number of anilines is 1. The number of aliphatic hydroxyl groups excluding tert-OH is 1. The Balaban J connectivity index is 1.47. The van der Waals surface area contributed by atoms with Crippen LogP contribution in [-0.4, -0.2) is 43.0 Å². The molecule has 2 amide bonds. The predicted octanol–water partition coefficient (Wildman–Crippen LogP) is 2.75. The first-order valence-corrected chi connectivity index (χ1v) is 10.2. The molecule has 0 aromatic heterocycles. The molecule has 1 aromatic rings. The lowest BCUT2D eigenvalue weighted by Crippen LogP contribution is -2.36. The molecule has 4 N–H and O–H groups in total. The standard InChI is InChI=1S/C21H33N3O3/c1-14(2)23-12-16(25)13-27-17-8-6-15(7-9-17)24(21(22)26)11-10-20-18-4-3-5-19(18)20/h6-9,14,16,18-20,23,25H,3-5,10-13H2,1-2H3,(H2,22,26). The van der Waals surface area contributed by atoms with E-state index in [1.165, 1.54) is 19.3 Å². The van der Waals surface area contributed by atoms with Gasteiger partial charge < -0.3 is 20.9 Å². The molecule has 27 heavy (non-hydrogen) atoms. The van der Waals surface area contributed by atoms with Crippen molar-refractivity contribution < 1.29 is 14.6 Å². The number of urea groups is 1. The fraction of sp³-hybridized carbons (Fsp3) is 0.667. The summed E-state index contributed by atoms with van der Waals surface area (Å²) in [5.41, 5.74) is 6.40. The molecule has 3 rings (SSSR count). The Bertz CT molecular complexity index is 610. The van der Waals surface area contributed by atoms with Gasteiger partial charge in [-0.05, 0) is 61.3 Å². The highest BCUT2D eigenvalue weighted by Gasteiger charge is 2.51. The summed E-state index contributed by atoms with van der Waals surface area (Å²) in [6.07, 6.45) is 4.56. The van der Waals surface area contributed by atoms with E-state index in [1.807, 2.05) is 38.1 Å². The van der Waals surface area contributed by atoms with Crippen molar-refractivity contribution in [2.45, 2.75) is 51.7 Å². The van der Waals surface area contributed by atoms with E-state index in [9.17, 15) is 9.90 Å². The summed E-state index contributed by atoms with van der Waals surface area (Å²) in [4.78, 5) is 13.5. The Kier molecular flexibility index (Phi) is 6.60. The number of benzene rings is 1. The lowest BCUT2D eigenvalue weighted by molar-refractivity contribution is 0.104. The van der Waals surface area contributed by atoms with Crippen molar-refractivity contribution in [1.82, 2.24) is 5.32 Å². The average Bonchev–Trinajstić information content (AvgIpc) is 3.07. The number of nitrogens with one attached hydrogen (secondary N) is 1. The average molecular weight is 376 g/mol. The summed E-state index contributed by atoms with van der Waals surface area (Å²) in [5.74, 6) is 3.24. The monoisotopic (exact) mass is 375 g/mol. The van der Waals surface area contributed by atoms with Crippen molar-refractivity contribution in [2.24, 2.45) is 23.5 Å². The summed E-state index contributed by atoms with van der Waals surface area (Å²) in [6, 6.07) is 7.26. The van der Waals surface area contributed by atoms with Crippen LogP contribution in [0.15, 0.2) is 24.3 Å². The molecule has 2 fully saturated rings. The van der Waals surface area contributed by atoms with Gasteiger partial charge >= 0.3 is 6.03 Å². The van der Waals surface area contributed by atoms with Gasteiger partial charge in [-0.25, -0.2) is 4.79 Å². The molecule has 6 heteroatoms. The summed E-state index contributed by atoms with van der Waals surface area (Å²) < 4.78 is 5.63. The molecular formula is C21H33N3O3. The molecule has 0 bridgehead atoms. The molecular weight excluding hydrogens is 342 g/mol. The minimum absolute atomic E-state index is 0.225. The van der Waals surface area contributed by atoms with Gasteiger partial charge in [0.2, 0.25) is 0 Å². The van der Waals surface area contributed by atoms with Crippen molar-refractivity contribution in [3.63, 3.8) is 0 Å². The van der Waals surface area contributed by atoms with Crippen LogP contribution in [-0.2, 0) is 0 Å². The Labute approximate surface area is 162 Å². The second-order valence-corrected chi connectivity index (χ2v) is 8.22. The summed E-state index contributed by atoms with van der Waals surface area (Å²) in [6.45, 7) is 5.46. The van der Waals surface area contributed by atoms with Crippen molar-refractivity contribution >= 4 is 11.7 Å². The molecule has 3 unspecified atom stereocenters. The van der Waals surface area contributed by atoms with Crippen LogP contribution in [0.25, 0.3) is 0 Å². The van der Waals surface area contributed by atoms with Gasteiger partial charge in [0.1, 0.15) is 18.5 Å². The van der Waals surface area contributed by atoms with Crippen LogP contribution in [0.2, 0.25) is 0 Å². The maximum absolute atomic E-state index is 11.9. The topological polar surface area (TPSA) is 87.8 Å². The third-order valence-electron chi connectivity index (χ3n) is 5.89. The van der Waals surface area contributed by atoms with Crippen molar-refractivity contribution in [1.29, 1.82) is 0 Å². The van der Waals surface area contributed by atoms with Crippen LogP contribution in [0.5, 0.6) is 5.75 Å². The number of rotatable bonds is 10. The molecule has 0 spiro atoms. The Morgan fingerprint density at radius 3 is 2.56 bits per heavy atom. The molecule has 1 aromatic carbocycles. The second-order valence-electron chi connectivity index (χ2n) is 8.22. The second kappa shape index (κ2) is 8.93. The minimum atomic E-state index is -0.563. The van der Waals surface area contributed by atoms with Gasteiger partial charge in [0.05, 0.1) is 0 Å². The van der Waals surface area contributed by atoms with Gasteiger partial charge in [-0.15, -0.1) is 0 Å². The van der Waals surface area contributed by atoms with Crippen LogP contribution < -0.4 is 20.7 Å². The van der Waals surface area contributed by atoms with Gasteiger partial charge in [0.15, 0.2) is 0 Å². The maximum Gasteiger partial charge on any atom is 0.319 e. The normalized spacial score (nSPS) is 24.5. The highest BCUT2D eigenvalue weighted by atomic mass is 16.5. The van der Waals surface area contributed by atoms with Crippen LogP contribution >= 0.6 is 0 Å². The van der Waals surface area contributed by atoms with Crippen LogP contribution in [0.3, 0.4) is 0 Å². The number of aliphatic hydroxyl groups is 1. The first-order chi connectivity index (χ1) is 13.0. The summed E-state index contributed by atoms with van der Waals surface area (Å²) in [5, 5.41) is 13.1. The molecule has 2 saturated carbocycles. The first kappa shape index (κ1) is 20.0. The maximum atomic E-state index is 11.9. The van der Waals surface area contributed by atoms with E-state index in [2.05, 4.69) is 5.32 Å². The minimum Gasteiger partial charge on any atom is -0.491 e. The molecule has 0 saturated heterocycles. The quantitative estimate of drug-likeness (QED) is 0.587. The molecule has 150 valence electrons. The van der Waals surface area contributed by atoms with E-state index < -0.39 is 12.1 Å². The van der Waals surface area contributed by atoms with Gasteiger partial charge in [0, 0.05) is 24.8 Å². The van der Waals surface area contributed by atoms with Crippen LogP contribution in [0.1, 0.15) is 39.5 Å².